The Balaban J connectivity index is 1.90. The summed E-state index contributed by atoms with van der Waals surface area (Å²) in [6, 6.07) is 7.84. The van der Waals surface area contributed by atoms with E-state index < -0.39 is 0 Å². The normalized spacial score (nSPS) is 18.2. The summed E-state index contributed by atoms with van der Waals surface area (Å²) >= 11 is 7.49. The summed E-state index contributed by atoms with van der Waals surface area (Å²) in [5.41, 5.74) is 1.92. The zero-order chi connectivity index (χ0) is 15.5. The Morgan fingerprint density at radius 2 is 2.18 bits per heavy atom. The molecule has 116 valence electrons. The van der Waals surface area contributed by atoms with Gasteiger partial charge < -0.3 is 10.2 Å². The van der Waals surface area contributed by atoms with Crippen molar-refractivity contribution in [2.45, 2.75) is 25.8 Å². The molecule has 1 atom stereocenters. The van der Waals surface area contributed by atoms with Crippen LogP contribution >= 0.6 is 22.9 Å². The molecule has 0 aliphatic carbocycles. The van der Waals surface area contributed by atoms with E-state index in [4.69, 9.17) is 11.6 Å². The number of benzene rings is 1. The molecule has 3 rings (SSSR count). The summed E-state index contributed by atoms with van der Waals surface area (Å²) in [7, 11) is 0. The van der Waals surface area contributed by atoms with Gasteiger partial charge in [0, 0.05) is 23.2 Å². The van der Waals surface area contributed by atoms with E-state index in [0.717, 1.165) is 53.6 Å². The summed E-state index contributed by atoms with van der Waals surface area (Å²) in [6.07, 6.45) is 3.06. The van der Waals surface area contributed by atoms with Gasteiger partial charge in [0.25, 0.3) is 0 Å². The molecule has 22 heavy (non-hydrogen) atoms. The van der Waals surface area contributed by atoms with Crippen LogP contribution in [0.5, 0.6) is 0 Å². The molecule has 2 aromatic rings. The molecule has 1 N–H and O–H groups in total. The lowest BCUT2D eigenvalue weighted by molar-refractivity contribution is -0.107. The Hall–Kier alpha value is -1.43. The molecule has 1 aromatic heterocycles. The highest BCUT2D eigenvalue weighted by Gasteiger charge is 2.24. The van der Waals surface area contributed by atoms with Gasteiger partial charge in [-0.1, -0.05) is 35.1 Å². The second kappa shape index (κ2) is 6.77. The third kappa shape index (κ3) is 3.16. The minimum absolute atomic E-state index is 0.212. The predicted octanol–water partition coefficient (Wildman–Crippen LogP) is 3.49. The molecule has 0 bridgehead atoms. The highest BCUT2D eigenvalue weighted by molar-refractivity contribution is 7.19. The summed E-state index contributed by atoms with van der Waals surface area (Å²) < 4.78 is 0. The number of hydrogen-bond donors (Lipinski definition) is 1. The molecule has 1 amide bonds. The number of aromatic nitrogens is 1. The molecular weight excluding hydrogens is 318 g/mol. The Bertz CT molecular complexity index is 650. The average Bonchev–Trinajstić information content (AvgIpc) is 2.92. The molecular formula is C16H18ClN3OS. The van der Waals surface area contributed by atoms with Crippen LogP contribution in [0.25, 0.3) is 10.6 Å². The number of thiazole rings is 1. The van der Waals surface area contributed by atoms with Crippen molar-refractivity contribution in [1.29, 1.82) is 0 Å². The lowest BCUT2D eigenvalue weighted by Crippen LogP contribution is -2.45. The maximum Gasteiger partial charge on any atom is 0.215 e. The van der Waals surface area contributed by atoms with Gasteiger partial charge >= 0.3 is 0 Å². The first-order valence-electron chi connectivity index (χ1n) is 7.37. The van der Waals surface area contributed by atoms with E-state index in [0.29, 0.717) is 5.02 Å². The molecule has 1 fully saturated rings. The van der Waals surface area contributed by atoms with E-state index in [-0.39, 0.29) is 6.04 Å². The van der Waals surface area contributed by atoms with Gasteiger partial charge in [-0.25, -0.2) is 4.98 Å². The molecule has 1 aliphatic heterocycles. The van der Waals surface area contributed by atoms with Crippen molar-refractivity contribution in [3.63, 3.8) is 0 Å². The van der Waals surface area contributed by atoms with Crippen LogP contribution in [-0.2, 0) is 4.79 Å². The summed E-state index contributed by atoms with van der Waals surface area (Å²) in [4.78, 5) is 18.1. The second-order valence-electron chi connectivity index (χ2n) is 5.43. The Labute approximate surface area is 139 Å². The lowest BCUT2D eigenvalue weighted by Gasteiger charge is -2.31. The quantitative estimate of drug-likeness (QED) is 0.870. The zero-order valence-electron chi connectivity index (χ0n) is 12.4. The van der Waals surface area contributed by atoms with Gasteiger partial charge in [-0.05, 0) is 38.4 Å². The van der Waals surface area contributed by atoms with E-state index >= 15 is 0 Å². The smallest absolute Gasteiger partial charge is 0.215 e. The van der Waals surface area contributed by atoms with Crippen LogP contribution in [0, 0.1) is 6.92 Å². The number of amides is 1. The van der Waals surface area contributed by atoms with Crippen molar-refractivity contribution < 1.29 is 4.79 Å². The standard InChI is InChI=1S/C16H18ClN3OS/c1-11-16(20(10-21)14-3-2-8-18-9-14)22-15(19-11)12-4-6-13(17)7-5-12/h4-7,10,14,18H,2-3,8-9H2,1H3. The second-order valence-corrected chi connectivity index (χ2v) is 6.84. The molecule has 2 heterocycles. The number of rotatable bonds is 4. The molecule has 0 saturated carbocycles. The van der Waals surface area contributed by atoms with Crippen LogP contribution in [0.2, 0.25) is 5.02 Å². The van der Waals surface area contributed by atoms with Crippen molar-refractivity contribution in [3.8, 4) is 10.6 Å². The monoisotopic (exact) mass is 335 g/mol. The first-order valence-corrected chi connectivity index (χ1v) is 8.56. The largest absolute Gasteiger partial charge is 0.315 e. The number of carbonyl (C=O) groups excluding carboxylic acids is 1. The third-order valence-corrected chi connectivity index (χ3v) is 5.35. The molecule has 0 radical (unpaired) electrons. The molecule has 1 unspecified atom stereocenters. The maximum atomic E-state index is 11.6. The zero-order valence-corrected chi connectivity index (χ0v) is 14.0. The number of hydrogen-bond acceptors (Lipinski definition) is 4. The summed E-state index contributed by atoms with van der Waals surface area (Å²) in [6.45, 7) is 3.82. The van der Waals surface area contributed by atoms with E-state index in [9.17, 15) is 4.79 Å². The third-order valence-electron chi connectivity index (χ3n) is 3.88. The van der Waals surface area contributed by atoms with Gasteiger partial charge in [-0.15, -0.1) is 0 Å². The summed E-state index contributed by atoms with van der Waals surface area (Å²) in [5.74, 6) is 0. The fourth-order valence-electron chi connectivity index (χ4n) is 2.71. The number of halogens is 1. The Morgan fingerprint density at radius 3 is 2.82 bits per heavy atom. The van der Waals surface area contributed by atoms with Crippen LogP contribution < -0.4 is 10.2 Å². The molecule has 6 heteroatoms. The average molecular weight is 336 g/mol. The van der Waals surface area contributed by atoms with E-state index in [2.05, 4.69) is 10.3 Å². The van der Waals surface area contributed by atoms with Crippen LogP contribution in [0.1, 0.15) is 18.5 Å². The molecule has 4 nitrogen and oxygen atoms in total. The minimum Gasteiger partial charge on any atom is -0.315 e. The van der Waals surface area contributed by atoms with Gasteiger partial charge in [-0.3, -0.25) is 4.79 Å². The molecule has 1 aromatic carbocycles. The van der Waals surface area contributed by atoms with Crippen LogP contribution in [0.15, 0.2) is 24.3 Å². The Kier molecular flexibility index (Phi) is 4.76. The number of aryl methyl sites for hydroxylation is 1. The van der Waals surface area contributed by atoms with Gasteiger partial charge in [-0.2, -0.15) is 0 Å². The minimum atomic E-state index is 0.212. The van der Waals surface area contributed by atoms with E-state index in [1.807, 2.05) is 36.1 Å². The van der Waals surface area contributed by atoms with Crippen molar-refractivity contribution in [2.75, 3.05) is 18.0 Å². The van der Waals surface area contributed by atoms with Crippen LogP contribution in [0.3, 0.4) is 0 Å². The van der Waals surface area contributed by atoms with E-state index in [1.165, 1.54) is 0 Å². The van der Waals surface area contributed by atoms with Crippen molar-refractivity contribution in [2.24, 2.45) is 0 Å². The molecule has 1 saturated heterocycles. The molecule has 1 aliphatic rings. The fraction of sp³-hybridized carbons (Fsp3) is 0.375. The van der Waals surface area contributed by atoms with Crippen molar-refractivity contribution in [1.82, 2.24) is 10.3 Å². The molecule has 0 spiro atoms. The highest BCUT2D eigenvalue weighted by atomic mass is 35.5. The topological polar surface area (TPSA) is 45.2 Å². The van der Waals surface area contributed by atoms with Gasteiger partial charge in [0.1, 0.15) is 10.0 Å². The SMILES string of the molecule is Cc1nc(-c2ccc(Cl)cc2)sc1N(C=O)C1CCCNC1. The maximum absolute atomic E-state index is 11.6. The first-order chi connectivity index (χ1) is 10.7. The van der Waals surface area contributed by atoms with E-state index in [1.54, 1.807) is 11.3 Å². The van der Waals surface area contributed by atoms with Crippen LogP contribution in [0.4, 0.5) is 5.00 Å². The highest BCUT2D eigenvalue weighted by Crippen LogP contribution is 2.35. The number of anilines is 1. The lowest BCUT2D eigenvalue weighted by atomic mass is 10.1. The predicted molar refractivity (Wildman–Crippen MR) is 91.7 cm³/mol. The van der Waals surface area contributed by atoms with Crippen molar-refractivity contribution >= 4 is 34.3 Å². The fourth-order valence-corrected chi connectivity index (χ4v) is 3.95. The van der Waals surface area contributed by atoms with Gasteiger partial charge in [0.05, 0.1) is 5.69 Å². The Morgan fingerprint density at radius 1 is 1.41 bits per heavy atom. The first kappa shape index (κ1) is 15.5. The van der Waals surface area contributed by atoms with Crippen molar-refractivity contribution in [3.05, 3.63) is 35.0 Å². The number of nitrogens with one attached hydrogen (secondary N) is 1. The van der Waals surface area contributed by atoms with Gasteiger partial charge in [0.15, 0.2) is 0 Å². The number of nitrogens with zero attached hydrogens (tertiary/aromatic N) is 2. The van der Waals surface area contributed by atoms with Crippen LogP contribution in [-0.4, -0.2) is 30.5 Å². The number of piperidine rings is 1. The van der Waals surface area contributed by atoms with Gasteiger partial charge in [0.2, 0.25) is 6.41 Å². The number of carbonyl (C=O) groups is 1. The summed E-state index contributed by atoms with van der Waals surface area (Å²) in [5, 5.41) is 5.92.